The Morgan fingerprint density at radius 1 is 1.47 bits per heavy atom. The molecule has 6 heteroatoms. The molecule has 0 bridgehead atoms. The molecule has 0 atom stereocenters. The van der Waals surface area contributed by atoms with Gasteiger partial charge in [0.05, 0.1) is 12.8 Å². The number of nitrogens with zero attached hydrogens (tertiary/aromatic N) is 1. The van der Waals surface area contributed by atoms with Crippen LogP contribution in [0.4, 0.5) is 4.39 Å². The molecule has 0 aliphatic heterocycles. The number of rotatable bonds is 2. The van der Waals surface area contributed by atoms with Crippen molar-refractivity contribution >= 4 is 19.3 Å². The maximum atomic E-state index is 13.6. The number of H-pyrrole nitrogens is 1. The lowest BCUT2D eigenvalue weighted by atomic mass is 9.94. The first-order valence-corrected chi connectivity index (χ1v) is 4.81. The van der Waals surface area contributed by atoms with Crippen LogP contribution in [0.2, 0.25) is 0 Å². The van der Waals surface area contributed by atoms with Crippen molar-refractivity contribution in [3.63, 3.8) is 0 Å². The number of nitrogens with one attached hydrogen (secondary N) is 1. The van der Waals surface area contributed by atoms with Crippen LogP contribution in [0.1, 0.15) is 10.5 Å². The minimum atomic E-state index is -0.556. The van der Waals surface area contributed by atoms with Crippen molar-refractivity contribution in [2.45, 2.75) is 0 Å². The number of esters is 1. The van der Waals surface area contributed by atoms with E-state index in [1.54, 1.807) is 6.07 Å². The zero-order valence-electron chi connectivity index (χ0n) is 9.03. The highest BCUT2D eigenvalue weighted by Crippen LogP contribution is 2.20. The van der Waals surface area contributed by atoms with Crippen molar-refractivity contribution in [3.8, 4) is 11.3 Å². The van der Waals surface area contributed by atoms with Crippen LogP contribution < -0.4 is 5.46 Å². The lowest BCUT2D eigenvalue weighted by Gasteiger charge is -1.99. The van der Waals surface area contributed by atoms with E-state index < -0.39 is 11.8 Å². The molecular weight excluding hydrogens is 222 g/mol. The highest BCUT2D eigenvalue weighted by Gasteiger charge is 2.13. The lowest BCUT2D eigenvalue weighted by Crippen LogP contribution is -2.02. The second-order valence-corrected chi connectivity index (χ2v) is 3.40. The molecule has 1 heterocycles. The number of aromatic nitrogens is 2. The van der Waals surface area contributed by atoms with Crippen LogP contribution in [-0.2, 0) is 4.74 Å². The summed E-state index contributed by atoms with van der Waals surface area (Å²) < 4.78 is 18.1. The van der Waals surface area contributed by atoms with Gasteiger partial charge >= 0.3 is 5.97 Å². The molecule has 0 unspecified atom stereocenters. The summed E-state index contributed by atoms with van der Waals surface area (Å²) in [6.07, 6.45) is 0. The topological polar surface area (TPSA) is 55.0 Å². The van der Waals surface area contributed by atoms with Crippen molar-refractivity contribution in [2.75, 3.05) is 7.11 Å². The predicted octanol–water partition coefficient (Wildman–Crippen LogP) is 0.796. The van der Waals surface area contributed by atoms with Gasteiger partial charge in [-0.15, -0.1) is 0 Å². The second kappa shape index (κ2) is 4.41. The molecule has 0 saturated carbocycles. The molecule has 84 valence electrons. The van der Waals surface area contributed by atoms with E-state index >= 15 is 0 Å². The molecule has 0 fully saturated rings. The highest BCUT2D eigenvalue weighted by atomic mass is 19.1. The van der Waals surface area contributed by atoms with Gasteiger partial charge in [0.25, 0.3) is 0 Å². The summed E-state index contributed by atoms with van der Waals surface area (Å²) in [7, 11) is 6.69. The molecule has 1 N–H and O–H groups in total. The highest BCUT2D eigenvalue weighted by molar-refractivity contribution is 6.32. The maximum Gasteiger partial charge on any atom is 0.356 e. The number of methoxy groups -OCH3 is 1. The predicted molar refractivity (Wildman–Crippen MR) is 60.7 cm³/mol. The van der Waals surface area contributed by atoms with Gasteiger partial charge in [0.15, 0.2) is 0 Å². The SMILES string of the molecule is [B]c1ccc(-c2cc(C(=O)OC)[nH]n2)c(F)c1. The van der Waals surface area contributed by atoms with Crippen molar-refractivity contribution in [1.82, 2.24) is 10.2 Å². The molecule has 2 rings (SSSR count). The summed E-state index contributed by atoms with van der Waals surface area (Å²) in [4.78, 5) is 11.2. The van der Waals surface area contributed by atoms with Gasteiger partial charge in [0.2, 0.25) is 0 Å². The van der Waals surface area contributed by atoms with E-state index in [4.69, 9.17) is 7.85 Å². The van der Waals surface area contributed by atoms with Crippen LogP contribution >= 0.6 is 0 Å². The zero-order valence-corrected chi connectivity index (χ0v) is 9.03. The zero-order chi connectivity index (χ0) is 12.4. The molecule has 0 saturated heterocycles. The summed E-state index contributed by atoms with van der Waals surface area (Å²) in [6, 6.07) is 5.68. The molecule has 2 aromatic rings. The van der Waals surface area contributed by atoms with E-state index in [2.05, 4.69) is 14.9 Å². The van der Waals surface area contributed by atoms with Gasteiger partial charge in [-0.1, -0.05) is 17.6 Å². The summed E-state index contributed by atoms with van der Waals surface area (Å²) in [5.41, 5.74) is 1.09. The standard InChI is InChI=1S/C11H8BFN2O2/c1-17-11(16)10-5-9(14-15-10)7-3-2-6(12)4-8(7)13/h2-5H,1H3,(H,14,15). The molecular formula is C11H8BFN2O2. The van der Waals surface area contributed by atoms with Crippen molar-refractivity contribution < 1.29 is 13.9 Å². The van der Waals surface area contributed by atoms with Crippen LogP contribution in [0.15, 0.2) is 24.3 Å². The average molecular weight is 230 g/mol. The summed E-state index contributed by atoms with van der Waals surface area (Å²) in [6.45, 7) is 0. The Morgan fingerprint density at radius 2 is 2.24 bits per heavy atom. The van der Waals surface area contributed by atoms with Gasteiger partial charge in [-0.05, 0) is 12.1 Å². The Kier molecular flexibility index (Phi) is 2.95. The van der Waals surface area contributed by atoms with E-state index in [-0.39, 0.29) is 11.3 Å². The fourth-order valence-electron chi connectivity index (χ4n) is 1.41. The smallest absolute Gasteiger partial charge is 0.356 e. The first-order valence-electron chi connectivity index (χ1n) is 4.81. The van der Waals surface area contributed by atoms with E-state index in [1.165, 1.54) is 25.3 Å². The molecule has 2 radical (unpaired) electrons. The fraction of sp³-hybridized carbons (Fsp3) is 0.0909. The van der Waals surface area contributed by atoms with Gasteiger partial charge in [-0.25, -0.2) is 9.18 Å². The summed E-state index contributed by atoms with van der Waals surface area (Å²) in [5, 5.41) is 6.31. The Balaban J connectivity index is 2.40. The molecule has 0 aliphatic rings. The molecule has 4 nitrogen and oxygen atoms in total. The third-order valence-electron chi connectivity index (χ3n) is 2.25. The molecule has 1 aromatic heterocycles. The summed E-state index contributed by atoms with van der Waals surface area (Å²) >= 11 is 0. The molecule has 0 spiro atoms. The van der Waals surface area contributed by atoms with Crippen LogP contribution in [0.3, 0.4) is 0 Å². The second-order valence-electron chi connectivity index (χ2n) is 3.40. The van der Waals surface area contributed by atoms with Crippen molar-refractivity contribution in [3.05, 3.63) is 35.8 Å². The van der Waals surface area contributed by atoms with Crippen LogP contribution in [0.5, 0.6) is 0 Å². The number of hydrogen-bond acceptors (Lipinski definition) is 3. The van der Waals surface area contributed by atoms with Crippen LogP contribution in [0.25, 0.3) is 11.3 Å². The van der Waals surface area contributed by atoms with Gasteiger partial charge in [-0.3, -0.25) is 5.10 Å². The maximum absolute atomic E-state index is 13.6. The Labute approximate surface area is 98.2 Å². The molecule has 0 amide bonds. The summed E-state index contributed by atoms with van der Waals surface area (Å²) in [5.74, 6) is -1.05. The molecule has 1 aromatic carbocycles. The Hall–Kier alpha value is -2.11. The van der Waals surface area contributed by atoms with Gasteiger partial charge in [-0.2, -0.15) is 5.10 Å². The molecule has 0 aliphatic carbocycles. The third-order valence-corrected chi connectivity index (χ3v) is 2.25. The first-order chi connectivity index (χ1) is 8.11. The lowest BCUT2D eigenvalue weighted by molar-refractivity contribution is 0.0594. The van der Waals surface area contributed by atoms with Crippen LogP contribution in [-0.4, -0.2) is 31.1 Å². The van der Waals surface area contributed by atoms with Gasteiger partial charge < -0.3 is 4.74 Å². The van der Waals surface area contributed by atoms with E-state index in [0.717, 1.165) is 0 Å². The number of carbonyl (C=O) groups is 1. The van der Waals surface area contributed by atoms with Crippen molar-refractivity contribution in [1.29, 1.82) is 0 Å². The van der Waals surface area contributed by atoms with Crippen LogP contribution in [0, 0.1) is 5.82 Å². The van der Waals surface area contributed by atoms with Gasteiger partial charge in [0, 0.05) is 5.56 Å². The largest absolute Gasteiger partial charge is 0.464 e. The van der Waals surface area contributed by atoms with E-state index in [0.29, 0.717) is 11.2 Å². The minimum absolute atomic E-state index is 0.165. The fourth-order valence-corrected chi connectivity index (χ4v) is 1.41. The quantitative estimate of drug-likeness (QED) is 0.613. The normalized spacial score (nSPS) is 10.2. The number of ether oxygens (including phenoxy) is 1. The van der Waals surface area contributed by atoms with E-state index in [9.17, 15) is 9.18 Å². The molecule has 17 heavy (non-hydrogen) atoms. The van der Waals surface area contributed by atoms with E-state index in [1.807, 2.05) is 0 Å². The number of benzene rings is 1. The third kappa shape index (κ3) is 2.20. The van der Waals surface area contributed by atoms with Crippen molar-refractivity contribution in [2.24, 2.45) is 0 Å². The Bertz CT molecular complexity index is 568. The first kappa shape index (κ1) is 11.4. The Morgan fingerprint density at radius 3 is 2.88 bits per heavy atom. The monoisotopic (exact) mass is 230 g/mol. The number of halogens is 1. The average Bonchev–Trinajstić information content (AvgIpc) is 2.77. The van der Waals surface area contributed by atoms with Gasteiger partial charge in [0.1, 0.15) is 19.4 Å². The number of hydrogen-bond donors (Lipinski definition) is 1. The number of aromatic amines is 1. The minimum Gasteiger partial charge on any atom is -0.464 e. The number of carbonyl (C=O) groups excluding carboxylic acids is 1.